The number of amides is 1. The van der Waals surface area contributed by atoms with Gasteiger partial charge in [0.1, 0.15) is 5.82 Å². The maximum absolute atomic E-state index is 13.9. The standard InChI is InChI=1S/C17H25FN2O/c1-4-13(12-20-10-7-11-20)16(21)19-17(2,3)14-8-5-6-9-15(14)18/h5-6,8-9,13H,4,7,10-12H2,1-3H3,(H,19,21)/t13-/m1/s1. The van der Waals surface area contributed by atoms with Gasteiger partial charge in [-0.05, 0) is 45.8 Å². The van der Waals surface area contributed by atoms with E-state index in [-0.39, 0.29) is 17.6 Å². The molecule has 0 aromatic heterocycles. The van der Waals surface area contributed by atoms with Crippen LogP contribution < -0.4 is 5.32 Å². The Labute approximate surface area is 126 Å². The molecule has 1 aliphatic heterocycles. The molecule has 0 spiro atoms. The molecule has 1 amide bonds. The third-order valence-electron chi connectivity index (χ3n) is 4.27. The van der Waals surface area contributed by atoms with E-state index in [1.165, 1.54) is 12.5 Å². The lowest BCUT2D eigenvalue weighted by Gasteiger charge is -2.35. The fourth-order valence-corrected chi connectivity index (χ4v) is 2.72. The molecule has 21 heavy (non-hydrogen) atoms. The first-order valence-electron chi connectivity index (χ1n) is 7.73. The number of carbonyl (C=O) groups excluding carboxylic acids is 1. The molecule has 0 saturated carbocycles. The second-order valence-corrected chi connectivity index (χ2v) is 6.35. The first kappa shape index (κ1) is 16.0. The van der Waals surface area contributed by atoms with Gasteiger partial charge in [0, 0.05) is 12.1 Å². The highest BCUT2D eigenvalue weighted by molar-refractivity contribution is 5.79. The van der Waals surface area contributed by atoms with Gasteiger partial charge in [0.25, 0.3) is 0 Å². The SMILES string of the molecule is CC[C@H](CN1CCC1)C(=O)NC(C)(C)c1ccccc1F. The van der Waals surface area contributed by atoms with Gasteiger partial charge in [0.15, 0.2) is 0 Å². The van der Waals surface area contributed by atoms with Crippen molar-refractivity contribution in [1.29, 1.82) is 0 Å². The number of rotatable bonds is 6. The van der Waals surface area contributed by atoms with Crippen LogP contribution in [0.15, 0.2) is 24.3 Å². The van der Waals surface area contributed by atoms with Crippen LogP contribution in [0.1, 0.15) is 39.2 Å². The summed E-state index contributed by atoms with van der Waals surface area (Å²) in [6.07, 6.45) is 2.02. The topological polar surface area (TPSA) is 32.3 Å². The number of nitrogens with one attached hydrogen (secondary N) is 1. The van der Waals surface area contributed by atoms with E-state index in [0.29, 0.717) is 5.56 Å². The van der Waals surface area contributed by atoms with Crippen LogP contribution >= 0.6 is 0 Å². The lowest BCUT2D eigenvalue weighted by atomic mass is 9.92. The third-order valence-corrected chi connectivity index (χ3v) is 4.27. The fraction of sp³-hybridized carbons (Fsp3) is 0.588. The van der Waals surface area contributed by atoms with E-state index >= 15 is 0 Å². The highest BCUT2D eigenvalue weighted by atomic mass is 19.1. The average molecular weight is 292 g/mol. The molecule has 2 rings (SSSR count). The lowest BCUT2D eigenvalue weighted by Crippen LogP contribution is -2.49. The molecule has 116 valence electrons. The third kappa shape index (κ3) is 3.82. The van der Waals surface area contributed by atoms with Crippen LogP contribution in [0.5, 0.6) is 0 Å². The van der Waals surface area contributed by atoms with Crippen molar-refractivity contribution in [3.63, 3.8) is 0 Å². The summed E-state index contributed by atoms with van der Waals surface area (Å²) in [5.74, 6) is -0.299. The van der Waals surface area contributed by atoms with Gasteiger partial charge >= 0.3 is 0 Å². The minimum Gasteiger partial charge on any atom is -0.347 e. The maximum atomic E-state index is 13.9. The Morgan fingerprint density at radius 1 is 1.38 bits per heavy atom. The molecule has 1 N–H and O–H groups in total. The largest absolute Gasteiger partial charge is 0.347 e. The number of halogens is 1. The van der Waals surface area contributed by atoms with Crippen molar-refractivity contribution in [1.82, 2.24) is 10.2 Å². The predicted octanol–water partition coefficient (Wildman–Crippen LogP) is 2.91. The summed E-state index contributed by atoms with van der Waals surface area (Å²) in [7, 11) is 0. The molecule has 0 radical (unpaired) electrons. The van der Waals surface area contributed by atoms with Crippen LogP contribution in [0.4, 0.5) is 4.39 Å². The molecule has 3 nitrogen and oxygen atoms in total. The van der Waals surface area contributed by atoms with Crippen molar-refractivity contribution < 1.29 is 9.18 Å². The van der Waals surface area contributed by atoms with E-state index in [1.807, 2.05) is 20.8 Å². The van der Waals surface area contributed by atoms with Gasteiger partial charge in [-0.3, -0.25) is 4.79 Å². The van der Waals surface area contributed by atoms with Crippen LogP contribution in [0.25, 0.3) is 0 Å². The van der Waals surface area contributed by atoms with Crippen LogP contribution in [0.3, 0.4) is 0 Å². The summed E-state index contributed by atoms with van der Waals surface area (Å²) in [5, 5.41) is 3.01. The number of carbonyl (C=O) groups is 1. The lowest BCUT2D eigenvalue weighted by molar-refractivity contribution is -0.127. The van der Waals surface area contributed by atoms with Gasteiger partial charge in [-0.15, -0.1) is 0 Å². The van der Waals surface area contributed by atoms with Crippen molar-refractivity contribution >= 4 is 5.91 Å². The van der Waals surface area contributed by atoms with Crippen molar-refractivity contribution in [2.45, 2.75) is 39.2 Å². The van der Waals surface area contributed by atoms with E-state index in [0.717, 1.165) is 26.1 Å². The molecule has 0 bridgehead atoms. The molecular formula is C17H25FN2O. The van der Waals surface area contributed by atoms with Gasteiger partial charge in [-0.1, -0.05) is 25.1 Å². The van der Waals surface area contributed by atoms with Crippen LogP contribution in [-0.4, -0.2) is 30.4 Å². The van der Waals surface area contributed by atoms with E-state index in [2.05, 4.69) is 10.2 Å². The summed E-state index contributed by atoms with van der Waals surface area (Å²) in [6, 6.07) is 6.62. The maximum Gasteiger partial charge on any atom is 0.225 e. The normalized spacial score (nSPS) is 17.1. The van der Waals surface area contributed by atoms with Crippen molar-refractivity contribution in [2.24, 2.45) is 5.92 Å². The Morgan fingerprint density at radius 3 is 2.57 bits per heavy atom. The Balaban J connectivity index is 2.03. The highest BCUT2D eigenvalue weighted by Crippen LogP contribution is 2.24. The van der Waals surface area contributed by atoms with Gasteiger partial charge in [0.2, 0.25) is 5.91 Å². The molecular weight excluding hydrogens is 267 g/mol. The van der Waals surface area contributed by atoms with E-state index in [9.17, 15) is 9.18 Å². The van der Waals surface area contributed by atoms with Crippen molar-refractivity contribution in [2.75, 3.05) is 19.6 Å². The zero-order valence-electron chi connectivity index (χ0n) is 13.2. The summed E-state index contributed by atoms with van der Waals surface area (Å²) in [6.45, 7) is 8.69. The van der Waals surface area contributed by atoms with Gasteiger partial charge in [-0.25, -0.2) is 4.39 Å². The highest BCUT2D eigenvalue weighted by Gasteiger charge is 2.30. The Bertz CT molecular complexity index is 497. The number of benzene rings is 1. The minimum atomic E-state index is -0.704. The predicted molar refractivity (Wildman–Crippen MR) is 82.4 cm³/mol. The number of nitrogens with zero attached hydrogens (tertiary/aromatic N) is 1. The molecule has 4 heteroatoms. The number of likely N-dealkylation sites (tertiary alicyclic amines) is 1. The molecule has 1 heterocycles. The summed E-state index contributed by atoms with van der Waals surface area (Å²) < 4.78 is 13.9. The Hall–Kier alpha value is -1.42. The molecule has 1 aromatic carbocycles. The van der Waals surface area contributed by atoms with Crippen LogP contribution in [0, 0.1) is 11.7 Å². The van der Waals surface area contributed by atoms with Crippen molar-refractivity contribution in [3.05, 3.63) is 35.6 Å². The zero-order chi connectivity index (χ0) is 15.5. The average Bonchev–Trinajstić information content (AvgIpc) is 2.37. The molecule has 1 aliphatic rings. The first-order chi connectivity index (χ1) is 9.94. The van der Waals surface area contributed by atoms with Crippen LogP contribution in [0.2, 0.25) is 0 Å². The summed E-state index contributed by atoms with van der Waals surface area (Å²) in [5.41, 5.74) is -0.178. The Morgan fingerprint density at radius 2 is 2.05 bits per heavy atom. The zero-order valence-corrected chi connectivity index (χ0v) is 13.2. The minimum absolute atomic E-state index is 0.0117. The molecule has 0 aliphatic carbocycles. The van der Waals surface area contributed by atoms with Gasteiger partial charge in [0.05, 0.1) is 11.5 Å². The smallest absolute Gasteiger partial charge is 0.225 e. The number of hydrogen-bond donors (Lipinski definition) is 1. The summed E-state index contributed by atoms with van der Waals surface area (Å²) >= 11 is 0. The quantitative estimate of drug-likeness (QED) is 0.874. The molecule has 0 unspecified atom stereocenters. The second-order valence-electron chi connectivity index (χ2n) is 6.35. The van der Waals surface area contributed by atoms with Crippen LogP contribution in [-0.2, 0) is 10.3 Å². The monoisotopic (exact) mass is 292 g/mol. The molecule has 1 aromatic rings. The summed E-state index contributed by atoms with van der Waals surface area (Å²) in [4.78, 5) is 14.8. The molecule has 1 saturated heterocycles. The number of hydrogen-bond acceptors (Lipinski definition) is 2. The van der Waals surface area contributed by atoms with Gasteiger partial charge in [-0.2, -0.15) is 0 Å². The molecule has 1 fully saturated rings. The van der Waals surface area contributed by atoms with Crippen molar-refractivity contribution in [3.8, 4) is 0 Å². The van der Waals surface area contributed by atoms with E-state index in [4.69, 9.17) is 0 Å². The Kier molecular flexibility index (Phi) is 4.99. The first-order valence-corrected chi connectivity index (χ1v) is 7.73. The molecule has 1 atom stereocenters. The van der Waals surface area contributed by atoms with Gasteiger partial charge < -0.3 is 10.2 Å². The second kappa shape index (κ2) is 6.56. The fourth-order valence-electron chi connectivity index (χ4n) is 2.72. The van der Waals surface area contributed by atoms with E-state index in [1.54, 1.807) is 18.2 Å². The van der Waals surface area contributed by atoms with E-state index < -0.39 is 5.54 Å².